The number of aliphatic imine (C=N–C) groups is 1. The van der Waals surface area contributed by atoms with Gasteiger partial charge in [-0.1, -0.05) is 23.7 Å². The molecule has 0 unspecified atom stereocenters. The molecular weight excluding hydrogens is 378 g/mol. The molecule has 1 aliphatic heterocycles. The van der Waals surface area contributed by atoms with Crippen LogP contribution >= 0.6 is 11.6 Å². The number of morpholine rings is 1. The molecule has 156 valence electrons. The van der Waals surface area contributed by atoms with Crippen LogP contribution in [0.4, 0.5) is 0 Å². The third kappa shape index (κ3) is 8.04. The predicted octanol–water partition coefficient (Wildman–Crippen LogP) is 1.53. The molecule has 28 heavy (non-hydrogen) atoms. The summed E-state index contributed by atoms with van der Waals surface area (Å²) in [5, 5.41) is 4.13. The molecule has 0 radical (unpaired) electrons. The van der Waals surface area contributed by atoms with Crippen molar-refractivity contribution in [3.63, 3.8) is 0 Å². The quantitative estimate of drug-likeness (QED) is 0.401. The number of benzene rings is 1. The number of nitrogens with one attached hydrogen (secondary N) is 1. The van der Waals surface area contributed by atoms with E-state index in [0.717, 1.165) is 62.4 Å². The van der Waals surface area contributed by atoms with Crippen molar-refractivity contribution in [1.82, 2.24) is 20.0 Å². The molecule has 1 heterocycles. The van der Waals surface area contributed by atoms with E-state index in [4.69, 9.17) is 16.3 Å². The van der Waals surface area contributed by atoms with E-state index >= 15 is 0 Å². The number of ether oxygens (including phenoxy) is 1. The van der Waals surface area contributed by atoms with Crippen LogP contribution in [0.2, 0.25) is 5.02 Å². The molecule has 8 heteroatoms. The molecule has 0 saturated carbocycles. The summed E-state index contributed by atoms with van der Waals surface area (Å²) in [5.74, 6) is 0.708. The lowest BCUT2D eigenvalue weighted by molar-refractivity contribution is -0.127. The minimum atomic E-state index is -0.0208. The summed E-state index contributed by atoms with van der Waals surface area (Å²) < 4.78 is 5.39. The highest BCUT2D eigenvalue weighted by atomic mass is 35.5. The maximum Gasteiger partial charge on any atom is 0.243 e. The molecule has 0 aliphatic carbocycles. The number of halogens is 1. The topological polar surface area (TPSA) is 60.4 Å². The van der Waals surface area contributed by atoms with Gasteiger partial charge in [0.1, 0.15) is 6.54 Å². The molecule has 1 saturated heterocycles. The maximum atomic E-state index is 11.9. The normalized spacial score (nSPS) is 15.4. The Morgan fingerprint density at radius 1 is 1.21 bits per heavy atom. The number of carbonyl (C=O) groups excluding carboxylic acids is 1. The van der Waals surface area contributed by atoms with Crippen molar-refractivity contribution in [3.05, 3.63) is 34.9 Å². The number of amides is 1. The van der Waals surface area contributed by atoms with Gasteiger partial charge in [-0.2, -0.15) is 0 Å². The molecule has 1 fully saturated rings. The number of hydrogen-bond acceptors (Lipinski definition) is 4. The van der Waals surface area contributed by atoms with Crippen LogP contribution in [0, 0.1) is 0 Å². The van der Waals surface area contributed by atoms with Crippen molar-refractivity contribution in [3.8, 4) is 0 Å². The van der Waals surface area contributed by atoms with Crippen LogP contribution < -0.4 is 5.32 Å². The van der Waals surface area contributed by atoms with Gasteiger partial charge in [0.2, 0.25) is 5.91 Å². The molecule has 0 aromatic heterocycles. The number of rotatable bonds is 8. The predicted molar refractivity (Wildman–Crippen MR) is 114 cm³/mol. The highest BCUT2D eigenvalue weighted by Crippen LogP contribution is 2.11. The average molecular weight is 410 g/mol. The van der Waals surface area contributed by atoms with E-state index in [0.29, 0.717) is 6.54 Å². The molecule has 1 aromatic rings. The van der Waals surface area contributed by atoms with Gasteiger partial charge in [-0.15, -0.1) is 0 Å². The van der Waals surface area contributed by atoms with Gasteiger partial charge in [0, 0.05) is 52.3 Å². The van der Waals surface area contributed by atoms with Crippen LogP contribution in [-0.4, -0.2) is 93.6 Å². The summed E-state index contributed by atoms with van der Waals surface area (Å²) in [4.78, 5) is 22.5. The number of hydrogen-bond donors (Lipinski definition) is 1. The minimum absolute atomic E-state index is 0.0208. The molecule has 0 atom stereocenters. The number of carbonyl (C=O) groups is 1. The Balaban J connectivity index is 1.90. The summed E-state index contributed by atoms with van der Waals surface area (Å²) in [5.41, 5.74) is 1.13. The zero-order valence-corrected chi connectivity index (χ0v) is 17.9. The summed E-state index contributed by atoms with van der Waals surface area (Å²) in [6.07, 6.45) is 1.01. The van der Waals surface area contributed by atoms with Crippen molar-refractivity contribution in [2.24, 2.45) is 4.99 Å². The number of guanidine groups is 1. The first-order chi connectivity index (χ1) is 13.5. The molecule has 0 spiro atoms. The van der Waals surface area contributed by atoms with Gasteiger partial charge in [0.25, 0.3) is 0 Å². The van der Waals surface area contributed by atoms with Gasteiger partial charge >= 0.3 is 0 Å². The van der Waals surface area contributed by atoms with E-state index in [1.165, 1.54) is 0 Å². The Kier molecular flexibility index (Phi) is 9.54. The van der Waals surface area contributed by atoms with Gasteiger partial charge in [-0.05, 0) is 30.7 Å². The fraction of sp³-hybridized carbons (Fsp3) is 0.600. The zero-order chi connectivity index (χ0) is 20.4. The Morgan fingerprint density at radius 3 is 2.54 bits per heavy atom. The molecule has 1 aliphatic rings. The lowest BCUT2D eigenvalue weighted by atomic mass is 10.2. The van der Waals surface area contributed by atoms with Crippen LogP contribution in [0.1, 0.15) is 12.0 Å². The fourth-order valence-corrected chi connectivity index (χ4v) is 2.99. The molecule has 1 amide bonds. The van der Waals surface area contributed by atoms with Gasteiger partial charge in [-0.3, -0.25) is 9.69 Å². The number of likely N-dealkylation sites (N-methyl/N-ethyl adjacent to an activating group) is 1. The second-order valence-electron chi connectivity index (χ2n) is 7.14. The first-order valence-electron chi connectivity index (χ1n) is 9.70. The first kappa shape index (κ1) is 22.5. The van der Waals surface area contributed by atoms with Crippen LogP contribution in [-0.2, 0) is 16.1 Å². The van der Waals surface area contributed by atoms with E-state index in [2.05, 4.69) is 15.2 Å². The summed E-state index contributed by atoms with van der Waals surface area (Å²) in [7, 11) is 5.46. The Labute approximate surface area is 173 Å². The van der Waals surface area contributed by atoms with Crippen LogP contribution in [0.3, 0.4) is 0 Å². The van der Waals surface area contributed by atoms with Crippen molar-refractivity contribution < 1.29 is 9.53 Å². The SMILES string of the molecule is CN(C)C(=O)CN=C(NCCCN1CCOCC1)N(C)Cc1ccc(Cl)cc1. The van der Waals surface area contributed by atoms with Crippen LogP contribution in [0.25, 0.3) is 0 Å². The molecule has 1 N–H and O–H groups in total. The van der Waals surface area contributed by atoms with Gasteiger partial charge in [0.05, 0.1) is 13.2 Å². The maximum absolute atomic E-state index is 11.9. The van der Waals surface area contributed by atoms with Crippen molar-refractivity contribution in [2.75, 3.05) is 67.1 Å². The van der Waals surface area contributed by atoms with Gasteiger partial charge < -0.3 is 19.9 Å². The van der Waals surface area contributed by atoms with Gasteiger partial charge in [-0.25, -0.2) is 4.99 Å². The Bertz CT molecular complexity index is 630. The van der Waals surface area contributed by atoms with E-state index in [9.17, 15) is 4.79 Å². The van der Waals surface area contributed by atoms with Crippen molar-refractivity contribution in [1.29, 1.82) is 0 Å². The van der Waals surface area contributed by atoms with E-state index in [1.54, 1.807) is 19.0 Å². The molecule has 2 rings (SSSR count). The Hall–Kier alpha value is -1.83. The molecule has 0 bridgehead atoms. The van der Waals surface area contributed by atoms with Crippen LogP contribution in [0.15, 0.2) is 29.3 Å². The lowest BCUT2D eigenvalue weighted by Crippen LogP contribution is -2.42. The van der Waals surface area contributed by atoms with E-state index in [1.807, 2.05) is 36.2 Å². The van der Waals surface area contributed by atoms with Crippen molar-refractivity contribution in [2.45, 2.75) is 13.0 Å². The first-order valence-corrected chi connectivity index (χ1v) is 10.1. The largest absolute Gasteiger partial charge is 0.379 e. The summed E-state index contributed by atoms with van der Waals surface area (Å²) in [6.45, 7) is 6.27. The Morgan fingerprint density at radius 2 is 1.89 bits per heavy atom. The number of nitrogens with zero attached hydrogens (tertiary/aromatic N) is 4. The van der Waals surface area contributed by atoms with Crippen LogP contribution in [0.5, 0.6) is 0 Å². The fourth-order valence-electron chi connectivity index (χ4n) is 2.86. The standard InChI is InChI=1S/C20H32ClN5O2/c1-24(2)19(27)15-23-20(22-9-4-10-26-11-13-28-14-12-26)25(3)16-17-5-7-18(21)8-6-17/h5-8H,4,9-16H2,1-3H3,(H,22,23). The minimum Gasteiger partial charge on any atom is -0.379 e. The van der Waals surface area contributed by atoms with Crippen molar-refractivity contribution >= 4 is 23.5 Å². The highest BCUT2D eigenvalue weighted by Gasteiger charge is 2.12. The third-order valence-corrected chi connectivity index (χ3v) is 4.85. The second kappa shape index (κ2) is 11.9. The smallest absolute Gasteiger partial charge is 0.243 e. The highest BCUT2D eigenvalue weighted by molar-refractivity contribution is 6.30. The lowest BCUT2D eigenvalue weighted by Gasteiger charge is -2.27. The molecule has 1 aromatic carbocycles. The summed E-state index contributed by atoms with van der Waals surface area (Å²) >= 11 is 5.97. The van der Waals surface area contributed by atoms with E-state index in [-0.39, 0.29) is 12.5 Å². The monoisotopic (exact) mass is 409 g/mol. The third-order valence-electron chi connectivity index (χ3n) is 4.60. The molecule has 7 nitrogen and oxygen atoms in total. The second-order valence-corrected chi connectivity index (χ2v) is 7.58. The average Bonchev–Trinajstić information content (AvgIpc) is 2.69. The molecular formula is C20H32ClN5O2. The van der Waals surface area contributed by atoms with Gasteiger partial charge in [0.15, 0.2) is 5.96 Å². The summed E-state index contributed by atoms with van der Waals surface area (Å²) in [6, 6.07) is 7.76. The zero-order valence-electron chi connectivity index (χ0n) is 17.2. The van der Waals surface area contributed by atoms with E-state index < -0.39 is 0 Å².